The van der Waals surface area contributed by atoms with Crippen LogP contribution in [0.2, 0.25) is 0 Å². The highest BCUT2D eigenvalue weighted by molar-refractivity contribution is 5.33. The molecule has 1 aromatic rings. The third-order valence-electron chi connectivity index (χ3n) is 3.58. The molecule has 0 bridgehead atoms. The second-order valence-corrected chi connectivity index (χ2v) is 4.66. The van der Waals surface area contributed by atoms with E-state index in [0.717, 1.165) is 5.75 Å². The van der Waals surface area contributed by atoms with Gasteiger partial charge in [0.05, 0.1) is 7.11 Å². The summed E-state index contributed by atoms with van der Waals surface area (Å²) < 4.78 is 5.43. The highest BCUT2D eigenvalue weighted by Gasteiger charge is 2.17. The van der Waals surface area contributed by atoms with Gasteiger partial charge in [0.25, 0.3) is 0 Å². The molecule has 0 aliphatic heterocycles. The van der Waals surface area contributed by atoms with Crippen molar-refractivity contribution in [2.75, 3.05) is 7.11 Å². The summed E-state index contributed by atoms with van der Waals surface area (Å²) in [5, 5.41) is 0. The molecular formula is C14H21NO. The van der Waals surface area contributed by atoms with Crippen LogP contribution in [0.15, 0.2) is 18.5 Å². The first-order chi connectivity index (χ1) is 7.92. The minimum Gasteiger partial charge on any atom is -0.496 e. The van der Waals surface area contributed by atoms with Crippen LogP contribution in [-0.4, -0.2) is 12.1 Å². The second-order valence-electron chi connectivity index (χ2n) is 4.66. The van der Waals surface area contributed by atoms with Gasteiger partial charge >= 0.3 is 0 Å². The molecule has 1 aliphatic rings. The van der Waals surface area contributed by atoms with E-state index in [0.29, 0.717) is 5.92 Å². The van der Waals surface area contributed by atoms with Gasteiger partial charge in [0, 0.05) is 18.0 Å². The van der Waals surface area contributed by atoms with Crippen molar-refractivity contribution < 1.29 is 4.74 Å². The maximum absolute atomic E-state index is 5.43. The van der Waals surface area contributed by atoms with Crippen LogP contribution >= 0.6 is 0 Å². The summed E-state index contributed by atoms with van der Waals surface area (Å²) in [7, 11) is 1.75. The summed E-state index contributed by atoms with van der Waals surface area (Å²) in [6, 6.07) is 1.98. The van der Waals surface area contributed by atoms with Crippen LogP contribution in [0, 0.1) is 0 Å². The molecule has 0 radical (unpaired) electrons. The van der Waals surface area contributed by atoms with E-state index in [1.807, 2.05) is 18.5 Å². The molecule has 16 heavy (non-hydrogen) atoms. The topological polar surface area (TPSA) is 22.1 Å². The zero-order valence-electron chi connectivity index (χ0n) is 10.1. The lowest BCUT2D eigenvalue weighted by Crippen LogP contribution is -2.04. The Bertz CT molecular complexity index is 316. The van der Waals surface area contributed by atoms with Crippen molar-refractivity contribution in [3.63, 3.8) is 0 Å². The normalized spacial score (nSPS) is 18.8. The first-order valence-electron chi connectivity index (χ1n) is 6.39. The Kier molecular flexibility index (Phi) is 4.20. The van der Waals surface area contributed by atoms with Crippen molar-refractivity contribution in [1.29, 1.82) is 0 Å². The molecule has 88 valence electrons. The zero-order valence-corrected chi connectivity index (χ0v) is 10.1. The Morgan fingerprint density at radius 3 is 2.50 bits per heavy atom. The molecule has 0 spiro atoms. The minimum absolute atomic E-state index is 0.656. The molecule has 0 saturated heterocycles. The summed E-state index contributed by atoms with van der Waals surface area (Å²) in [6.07, 6.45) is 13.3. The summed E-state index contributed by atoms with van der Waals surface area (Å²) in [4.78, 5) is 4.24. The van der Waals surface area contributed by atoms with Crippen molar-refractivity contribution in [2.24, 2.45) is 0 Å². The molecule has 0 amide bonds. The molecule has 2 nitrogen and oxygen atoms in total. The van der Waals surface area contributed by atoms with Crippen LogP contribution in [0.4, 0.5) is 0 Å². The Hall–Kier alpha value is -1.05. The van der Waals surface area contributed by atoms with Crippen molar-refractivity contribution in [3.8, 4) is 5.75 Å². The predicted molar refractivity (Wildman–Crippen MR) is 65.8 cm³/mol. The number of pyridine rings is 1. The van der Waals surface area contributed by atoms with Crippen molar-refractivity contribution in [2.45, 2.75) is 50.9 Å². The molecule has 1 aromatic heterocycles. The number of hydrogen-bond donors (Lipinski definition) is 0. The Labute approximate surface area is 98.0 Å². The minimum atomic E-state index is 0.656. The fraction of sp³-hybridized carbons (Fsp3) is 0.643. The van der Waals surface area contributed by atoms with E-state index < -0.39 is 0 Å². The van der Waals surface area contributed by atoms with Gasteiger partial charge in [0.15, 0.2) is 0 Å². The maximum Gasteiger partial charge on any atom is 0.125 e. The summed E-state index contributed by atoms with van der Waals surface area (Å²) in [5.41, 5.74) is 1.31. The Morgan fingerprint density at radius 2 is 1.81 bits per heavy atom. The molecule has 1 saturated carbocycles. The highest BCUT2D eigenvalue weighted by atomic mass is 16.5. The van der Waals surface area contributed by atoms with Gasteiger partial charge in [-0.2, -0.15) is 0 Å². The average Bonchev–Trinajstić information content (AvgIpc) is 2.29. The monoisotopic (exact) mass is 219 g/mol. The lowest BCUT2D eigenvalue weighted by atomic mass is 9.86. The van der Waals surface area contributed by atoms with Crippen molar-refractivity contribution in [3.05, 3.63) is 24.0 Å². The zero-order chi connectivity index (χ0) is 11.2. The quantitative estimate of drug-likeness (QED) is 0.752. The van der Waals surface area contributed by atoms with E-state index in [4.69, 9.17) is 4.74 Å². The number of rotatable bonds is 2. The number of ether oxygens (including phenoxy) is 1. The number of hydrogen-bond acceptors (Lipinski definition) is 2. The van der Waals surface area contributed by atoms with Crippen LogP contribution < -0.4 is 4.74 Å². The van der Waals surface area contributed by atoms with E-state index in [2.05, 4.69) is 4.98 Å². The van der Waals surface area contributed by atoms with Crippen LogP contribution in [-0.2, 0) is 0 Å². The fourth-order valence-electron chi connectivity index (χ4n) is 2.65. The molecule has 1 aliphatic carbocycles. The number of methoxy groups -OCH3 is 1. The molecule has 0 N–H and O–H groups in total. The third-order valence-corrected chi connectivity index (χ3v) is 3.58. The van der Waals surface area contributed by atoms with E-state index in [1.165, 1.54) is 50.5 Å². The first kappa shape index (κ1) is 11.4. The average molecular weight is 219 g/mol. The molecule has 0 atom stereocenters. The van der Waals surface area contributed by atoms with E-state index in [-0.39, 0.29) is 0 Å². The summed E-state index contributed by atoms with van der Waals surface area (Å²) >= 11 is 0. The SMILES string of the molecule is COc1ccncc1C1CCCCCCC1. The van der Waals surface area contributed by atoms with Gasteiger partial charge in [-0.25, -0.2) is 0 Å². The van der Waals surface area contributed by atoms with Gasteiger partial charge in [-0.1, -0.05) is 32.1 Å². The molecule has 2 heteroatoms. The molecular weight excluding hydrogens is 198 g/mol. The third kappa shape index (κ3) is 2.75. The van der Waals surface area contributed by atoms with Crippen LogP contribution in [0.1, 0.15) is 56.4 Å². The van der Waals surface area contributed by atoms with Crippen LogP contribution in [0.5, 0.6) is 5.75 Å². The van der Waals surface area contributed by atoms with Crippen molar-refractivity contribution >= 4 is 0 Å². The fourth-order valence-corrected chi connectivity index (χ4v) is 2.65. The molecule has 2 rings (SSSR count). The summed E-state index contributed by atoms with van der Waals surface area (Å²) in [6.45, 7) is 0. The highest BCUT2D eigenvalue weighted by Crippen LogP contribution is 2.35. The standard InChI is InChI=1S/C14H21NO/c1-16-14-9-10-15-11-13(14)12-7-5-3-2-4-6-8-12/h9-12H,2-8H2,1H3. The van der Waals surface area contributed by atoms with Crippen molar-refractivity contribution in [1.82, 2.24) is 4.98 Å². The predicted octanol–water partition coefficient (Wildman–Crippen LogP) is 3.92. The lowest BCUT2D eigenvalue weighted by Gasteiger charge is -2.21. The molecule has 0 unspecified atom stereocenters. The van der Waals surface area contributed by atoms with Gasteiger partial charge in [0.1, 0.15) is 5.75 Å². The van der Waals surface area contributed by atoms with Gasteiger partial charge in [0.2, 0.25) is 0 Å². The van der Waals surface area contributed by atoms with E-state index in [1.54, 1.807) is 7.11 Å². The molecule has 0 aromatic carbocycles. The van der Waals surface area contributed by atoms with E-state index >= 15 is 0 Å². The number of aromatic nitrogens is 1. The molecule has 1 heterocycles. The second kappa shape index (κ2) is 5.88. The summed E-state index contributed by atoms with van der Waals surface area (Å²) in [5.74, 6) is 1.67. The van der Waals surface area contributed by atoms with Gasteiger partial charge in [-0.3, -0.25) is 4.98 Å². The van der Waals surface area contributed by atoms with Gasteiger partial charge < -0.3 is 4.74 Å². The Balaban J connectivity index is 2.13. The number of nitrogens with zero attached hydrogens (tertiary/aromatic N) is 1. The first-order valence-corrected chi connectivity index (χ1v) is 6.39. The Morgan fingerprint density at radius 1 is 1.12 bits per heavy atom. The van der Waals surface area contributed by atoms with E-state index in [9.17, 15) is 0 Å². The lowest BCUT2D eigenvalue weighted by molar-refractivity contribution is 0.391. The largest absolute Gasteiger partial charge is 0.496 e. The van der Waals surface area contributed by atoms with Gasteiger partial charge in [-0.15, -0.1) is 0 Å². The maximum atomic E-state index is 5.43. The smallest absolute Gasteiger partial charge is 0.125 e. The van der Waals surface area contributed by atoms with Crippen LogP contribution in [0.25, 0.3) is 0 Å². The van der Waals surface area contributed by atoms with Crippen LogP contribution in [0.3, 0.4) is 0 Å². The molecule has 1 fully saturated rings. The van der Waals surface area contributed by atoms with Gasteiger partial charge in [-0.05, 0) is 24.8 Å².